The number of rotatable bonds is 1. The number of ether oxygens (including phenoxy) is 1. The second kappa shape index (κ2) is 3.02. The molecule has 2 atom stereocenters. The lowest BCUT2D eigenvalue weighted by atomic mass is 9.74. The molecule has 2 rings (SSSR count). The van der Waals surface area contributed by atoms with E-state index in [0.29, 0.717) is 0 Å². The molecule has 0 spiro atoms. The molecular weight excluding hydrogens is 164 g/mol. The van der Waals surface area contributed by atoms with Crippen molar-refractivity contribution in [1.29, 1.82) is 0 Å². The minimum absolute atomic E-state index is 0.0313. The van der Waals surface area contributed by atoms with Crippen molar-refractivity contribution in [2.75, 3.05) is 7.11 Å². The van der Waals surface area contributed by atoms with Gasteiger partial charge in [-0.25, -0.2) is 0 Å². The second-order valence-electron chi connectivity index (χ2n) is 4.43. The molecule has 1 saturated carbocycles. The van der Waals surface area contributed by atoms with Crippen molar-refractivity contribution in [3.05, 3.63) is 11.3 Å². The molecule has 0 aromatic carbocycles. The number of aliphatic hydroxyl groups is 1. The lowest BCUT2D eigenvalue weighted by molar-refractivity contribution is 0.0668. The van der Waals surface area contributed by atoms with Crippen LogP contribution in [0.15, 0.2) is 11.3 Å². The van der Waals surface area contributed by atoms with Crippen LogP contribution in [0.1, 0.15) is 39.0 Å². The summed E-state index contributed by atoms with van der Waals surface area (Å²) in [5, 5.41) is 9.91. The Labute approximate surface area is 79.6 Å². The van der Waals surface area contributed by atoms with Crippen molar-refractivity contribution in [2.45, 2.75) is 45.1 Å². The Hall–Kier alpha value is -0.500. The van der Waals surface area contributed by atoms with Crippen LogP contribution in [0.3, 0.4) is 0 Å². The highest BCUT2D eigenvalue weighted by molar-refractivity contribution is 5.27. The maximum Gasteiger partial charge on any atom is 0.0953 e. The number of aliphatic hydroxyl groups excluding tert-OH is 1. The summed E-state index contributed by atoms with van der Waals surface area (Å²) in [5.41, 5.74) is 1.41. The monoisotopic (exact) mass is 182 g/mol. The third-order valence-electron chi connectivity index (χ3n) is 3.78. The van der Waals surface area contributed by atoms with Crippen LogP contribution < -0.4 is 0 Å². The number of methoxy groups -OCH3 is 1. The number of allylic oxidation sites excluding steroid dienone is 1. The van der Waals surface area contributed by atoms with Gasteiger partial charge >= 0.3 is 0 Å². The molecule has 0 saturated heterocycles. The average Bonchev–Trinajstić information content (AvgIpc) is 2.43. The van der Waals surface area contributed by atoms with Gasteiger partial charge in [0.2, 0.25) is 0 Å². The molecule has 2 nitrogen and oxygen atoms in total. The van der Waals surface area contributed by atoms with Gasteiger partial charge in [-0.05, 0) is 31.3 Å². The number of fused-ring (bicyclic) bond motifs is 1. The van der Waals surface area contributed by atoms with E-state index >= 15 is 0 Å². The summed E-state index contributed by atoms with van der Waals surface area (Å²) in [6, 6.07) is 0. The Morgan fingerprint density at radius 3 is 2.92 bits per heavy atom. The topological polar surface area (TPSA) is 29.5 Å². The molecule has 0 bridgehead atoms. The fourth-order valence-corrected chi connectivity index (χ4v) is 2.85. The number of hydrogen-bond acceptors (Lipinski definition) is 2. The van der Waals surface area contributed by atoms with E-state index in [1.807, 2.05) is 0 Å². The van der Waals surface area contributed by atoms with Gasteiger partial charge in [-0.1, -0.05) is 6.92 Å². The molecule has 1 fully saturated rings. The first-order valence-corrected chi connectivity index (χ1v) is 5.13. The summed E-state index contributed by atoms with van der Waals surface area (Å²) < 4.78 is 5.39. The predicted molar refractivity (Wildman–Crippen MR) is 51.2 cm³/mol. The molecule has 2 aliphatic carbocycles. The lowest BCUT2D eigenvalue weighted by Gasteiger charge is -2.34. The Bertz CT molecular complexity index is 244. The Kier molecular flexibility index (Phi) is 2.11. The van der Waals surface area contributed by atoms with E-state index in [1.54, 1.807) is 7.11 Å². The van der Waals surface area contributed by atoms with Gasteiger partial charge in [0.1, 0.15) is 0 Å². The Morgan fingerprint density at radius 1 is 1.46 bits per heavy atom. The van der Waals surface area contributed by atoms with Crippen LogP contribution in [0, 0.1) is 5.41 Å². The minimum Gasteiger partial charge on any atom is -0.501 e. The summed E-state index contributed by atoms with van der Waals surface area (Å²) >= 11 is 0. The van der Waals surface area contributed by atoms with Gasteiger partial charge in [0.25, 0.3) is 0 Å². The standard InChI is InChI=1S/C11H18O2/c1-11-7-3-4-9(13-2)8(11)5-6-10(11)12/h10,12H,3-7H2,1-2H3/t10-,11-/m1/s1. The van der Waals surface area contributed by atoms with Crippen LogP contribution in [0.2, 0.25) is 0 Å². The molecule has 0 amide bonds. The molecule has 13 heavy (non-hydrogen) atoms. The first-order chi connectivity index (χ1) is 6.18. The highest BCUT2D eigenvalue weighted by atomic mass is 16.5. The molecule has 74 valence electrons. The molecule has 1 N–H and O–H groups in total. The van der Waals surface area contributed by atoms with Crippen molar-refractivity contribution in [3.63, 3.8) is 0 Å². The van der Waals surface area contributed by atoms with E-state index in [0.717, 1.165) is 37.9 Å². The molecule has 2 heteroatoms. The fraction of sp³-hybridized carbons (Fsp3) is 0.818. The third-order valence-corrected chi connectivity index (χ3v) is 3.78. The second-order valence-corrected chi connectivity index (χ2v) is 4.43. The van der Waals surface area contributed by atoms with E-state index in [2.05, 4.69) is 6.92 Å². The van der Waals surface area contributed by atoms with Gasteiger partial charge in [0, 0.05) is 11.8 Å². The maximum atomic E-state index is 9.91. The van der Waals surface area contributed by atoms with E-state index in [4.69, 9.17) is 4.74 Å². The predicted octanol–water partition coefficient (Wildman–Crippen LogP) is 2.23. The highest BCUT2D eigenvalue weighted by Gasteiger charge is 2.45. The average molecular weight is 182 g/mol. The smallest absolute Gasteiger partial charge is 0.0953 e. The zero-order valence-corrected chi connectivity index (χ0v) is 8.47. The van der Waals surface area contributed by atoms with Gasteiger partial charge in [0.05, 0.1) is 19.0 Å². The van der Waals surface area contributed by atoms with Gasteiger partial charge < -0.3 is 9.84 Å². The largest absolute Gasteiger partial charge is 0.501 e. The molecule has 0 aromatic rings. The normalized spacial score (nSPS) is 39.2. The van der Waals surface area contributed by atoms with Gasteiger partial charge in [0.15, 0.2) is 0 Å². The van der Waals surface area contributed by atoms with Crippen LogP contribution >= 0.6 is 0 Å². The highest BCUT2D eigenvalue weighted by Crippen LogP contribution is 2.51. The summed E-state index contributed by atoms with van der Waals surface area (Å²) in [5.74, 6) is 1.14. The van der Waals surface area contributed by atoms with Crippen molar-refractivity contribution in [2.24, 2.45) is 5.41 Å². The van der Waals surface area contributed by atoms with E-state index in [-0.39, 0.29) is 11.5 Å². The van der Waals surface area contributed by atoms with Crippen molar-refractivity contribution in [1.82, 2.24) is 0 Å². The minimum atomic E-state index is -0.145. The van der Waals surface area contributed by atoms with Crippen molar-refractivity contribution >= 4 is 0 Å². The van der Waals surface area contributed by atoms with Crippen molar-refractivity contribution in [3.8, 4) is 0 Å². The first-order valence-electron chi connectivity index (χ1n) is 5.13. The van der Waals surface area contributed by atoms with Crippen LogP contribution in [-0.4, -0.2) is 18.3 Å². The lowest BCUT2D eigenvalue weighted by Crippen LogP contribution is -2.30. The van der Waals surface area contributed by atoms with Gasteiger partial charge in [-0.3, -0.25) is 0 Å². The van der Waals surface area contributed by atoms with Crippen molar-refractivity contribution < 1.29 is 9.84 Å². The van der Waals surface area contributed by atoms with E-state index < -0.39 is 0 Å². The van der Waals surface area contributed by atoms with Gasteiger partial charge in [-0.2, -0.15) is 0 Å². The first kappa shape index (κ1) is 9.07. The Balaban J connectivity index is 2.38. The number of hydrogen-bond donors (Lipinski definition) is 1. The Morgan fingerprint density at radius 2 is 2.23 bits per heavy atom. The summed E-state index contributed by atoms with van der Waals surface area (Å²) in [7, 11) is 1.75. The van der Waals surface area contributed by atoms with Crippen LogP contribution in [-0.2, 0) is 4.74 Å². The molecule has 2 aliphatic rings. The van der Waals surface area contributed by atoms with E-state index in [1.165, 1.54) is 5.57 Å². The van der Waals surface area contributed by atoms with E-state index in [9.17, 15) is 5.11 Å². The maximum absolute atomic E-state index is 9.91. The molecular formula is C11H18O2. The summed E-state index contributed by atoms with van der Waals surface area (Å²) in [4.78, 5) is 0. The van der Waals surface area contributed by atoms with Crippen LogP contribution in [0.5, 0.6) is 0 Å². The molecule has 0 unspecified atom stereocenters. The van der Waals surface area contributed by atoms with Gasteiger partial charge in [-0.15, -0.1) is 0 Å². The fourth-order valence-electron chi connectivity index (χ4n) is 2.85. The van der Waals surface area contributed by atoms with Crippen LogP contribution in [0.4, 0.5) is 0 Å². The quantitative estimate of drug-likeness (QED) is 0.674. The molecule has 0 radical (unpaired) electrons. The summed E-state index contributed by atoms with van der Waals surface area (Å²) in [6.07, 6.45) is 5.14. The zero-order valence-electron chi connectivity index (χ0n) is 8.47. The molecule has 0 aromatic heterocycles. The zero-order chi connectivity index (χ0) is 9.47. The third kappa shape index (κ3) is 1.19. The molecule has 0 heterocycles. The molecule has 0 aliphatic heterocycles. The summed E-state index contributed by atoms with van der Waals surface area (Å²) in [6.45, 7) is 2.18. The SMILES string of the molecule is COC1=C2CC[C@@H](O)[C@]2(C)CCC1. The van der Waals surface area contributed by atoms with Crippen LogP contribution in [0.25, 0.3) is 0 Å².